The van der Waals surface area contributed by atoms with E-state index in [0.29, 0.717) is 28.4 Å². The first kappa shape index (κ1) is 15.7. The van der Waals surface area contributed by atoms with Crippen molar-refractivity contribution in [1.82, 2.24) is 5.32 Å². The van der Waals surface area contributed by atoms with Gasteiger partial charge in [0.1, 0.15) is 0 Å². The van der Waals surface area contributed by atoms with Gasteiger partial charge >= 0.3 is 0 Å². The van der Waals surface area contributed by atoms with Crippen molar-refractivity contribution < 1.29 is 9.00 Å². The molecule has 1 aromatic carbocycles. The minimum atomic E-state index is -0.921. The molecule has 0 aliphatic rings. The summed E-state index contributed by atoms with van der Waals surface area (Å²) in [5, 5.41) is 3.08. The molecule has 6 heteroatoms. The van der Waals surface area contributed by atoms with E-state index in [2.05, 4.69) is 17.2 Å². The van der Waals surface area contributed by atoms with Gasteiger partial charge in [0.05, 0.1) is 11.6 Å². The molecule has 0 spiro atoms. The quantitative estimate of drug-likeness (QED) is 0.806. The van der Waals surface area contributed by atoms with Gasteiger partial charge in [-0.2, -0.15) is 0 Å². The third-order valence-corrected chi connectivity index (χ3v) is 3.32. The monoisotopic (exact) mass is 298 g/mol. The number of hydrogen-bond donors (Lipinski definition) is 2. The third-order valence-electron chi connectivity index (χ3n) is 2.23. The highest BCUT2D eigenvalue weighted by Gasteiger charge is 2.07. The summed E-state index contributed by atoms with van der Waals surface area (Å²) in [6.45, 7) is 0.626. The number of amides is 1. The molecular weight excluding hydrogens is 284 g/mol. The Balaban J connectivity index is 2.72. The van der Waals surface area contributed by atoms with Crippen LogP contribution in [-0.2, 0) is 10.8 Å². The zero-order valence-corrected chi connectivity index (χ0v) is 12.1. The Kier molecular flexibility index (Phi) is 6.57. The Morgan fingerprint density at radius 2 is 2.26 bits per heavy atom. The Labute approximate surface area is 120 Å². The second-order valence-corrected chi connectivity index (χ2v) is 5.70. The highest BCUT2D eigenvalue weighted by molar-refractivity contribution is 7.84. The number of carbonyl (C=O) groups is 1. The first-order valence-corrected chi connectivity index (χ1v) is 7.72. The van der Waals surface area contributed by atoms with Gasteiger partial charge in [0.15, 0.2) is 0 Å². The minimum absolute atomic E-state index is 0.245. The number of benzene rings is 1. The predicted octanol–water partition coefficient (Wildman–Crippen LogP) is 0.758. The van der Waals surface area contributed by atoms with Crippen molar-refractivity contribution in [1.29, 1.82) is 0 Å². The van der Waals surface area contributed by atoms with Crippen LogP contribution < -0.4 is 11.1 Å². The molecule has 1 amide bonds. The number of halogens is 1. The Bertz CT molecular complexity index is 549. The van der Waals surface area contributed by atoms with Gasteiger partial charge in [-0.25, -0.2) is 0 Å². The van der Waals surface area contributed by atoms with Crippen LogP contribution in [0.3, 0.4) is 0 Å². The summed E-state index contributed by atoms with van der Waals surface area (Å²) in [7, 11) is -0.921. The van der Waals surface area contributed by atoms with Crippen LogP contribution >= 0.6 is 11.6 Å². The second kappa shape index (κ2) is 7.95. The van der Waals surface area contributed by atoms with Crippen LogP contribution in [0.15, 0.2) is 18.2 Å². The van der Waals surface area contributed by atoms with Gasteiger partial charge in [-0.15, -0.1) is 0 Å². The zero-order valence-electron chi connectivity index (χ0n) is 10.5. The summed E-state index contributed by atoms with van der Waals surface area (Å²) < 4.78 is 10.9. The van der Waals surface area contributed by atoms with E-state index in [1.54, 1.807) is 24.5 Å². The first-order chi connectivity index (χ1) is 9.04. The molecule has 102 valence electrons. The molecule has 1 aromatic rings. The lowest BCUT2D eigenvalue weighted by Gasteiger charge is -2.05. The van der Waals surface area contributed by atoms with Crippen LogP contribution in [0.25, 0.3) is 0 Å². The summed E-state index contributed by atoms with van der Waals surface area (Å²) in [5.41, 5.74) is 6.36. The summed E-state index contributed by atoms with van der Waals surface area (Å²) in [5.74, 6) is 5.70. The van der Waals surface area contributed by atoms with E-state index < -0.39 is 10.8 Å². The van der Waals surface area contributed by atoms with Crippen LogP contribution in [0.2, 0.25) is 5.02 Å². The SMILES string of the molecule is CS(=O)CCNC(=O)c1ccc(C#CCN)c(Cl)c1. The maximum absolute atomic E-state index is 11.8. The van der Waals surface area contributed by atoms with Crippen LogP contribution in [0.4, 0.5) is 0 Å². The molecule has 0 aromatic heterocycles. The first-order valence-electron chi connectivity index (χ1n) is 5.61. The molecule has 3 N–H and O–H groups in total. The average Bonchev–Trinajstić information content (AvgIpc) is 2.36. The van der Waals surface area contributed by atoms with E-state index in [1.165, 1.54) is 0 Å². The highest BCUT2D eigenvalue weighted by atomic mass is 35.5. The molecular formula is C13H15ClN2O2S. The molecule has 0 fully saturated rings. The molecule has 0 heterocycles. The summed E-state index contributed by atoms with van der Waals surface area (Å²) in [6.07, 6.45) is 1.59. The van der Waals surface area contributed by atoms with Gasteiger partial charge < -0.3 is 11.1 Å². The molecule has 1 atom stereocenters. The summed E-state index contributed by atoms with van der Waals surface area (Å²) in [6, 6.07) is 4.88. The second-order valence-electron chi connectivity index (χ2n) is 3.73. The van der Waals surface area contributed by atoms with Crippen molar-refractivity contribution in [2.45, 2.75) is 0 Å². The molecule has 0 aliphatic carbocycles. The fraction of sp³-hybridized carbons (Fsp3) is 0.308. The summed E-state index contributed by atoms with van der Waals surface area (Å²) in [4.78, 5) is 11.8. The van der Waals surface area contributed by atoms with Gasteiger partial charge in [0.2, 0.25) is 0 Å². The lowest BCUT2D eigenvalue weighted by atomic mass is 10.1. The smallest absolute Gasteiger partial charge is 0.251 e. The number of nitrogens with two attached hydrogens (primary N) is 1. The van der Waals surface area contributed by atoms with E-state index >= 15 is 0 Å². The van der Waals surface area contributed by atoms with E-state index in [9.17, 15) is 9.00 Å². The molecule has 0 bridgehead atoms. The fourth-order valence-corrected chi connectivity index (χ4v) is 1.93. The van der Waals surface area contributed by atoms with E-state index in [-0.39, 0.29) is 12.5 Å². The lowest BCUT2D eigenvalue weighted by Crippen LogP contribution is -2.27. The lowest BCUT2D eigenvalue weighted by molar-refractivity contribution is 0.0956. The maximum Gasteiger partial charge on any atom is 0.251 e. The van der Waals surface area contributed by atoms with Crippen molar-refractivity contribution >= 4 is 28.3 Å². The number of carbonyl (C=O) groups excluding carboxylic acids is 1. The van der Waals surface area contributed by atoms with Crippen molar-refractivity contribution in [2.75, 3.05) is 25.1 Å². The van der Waals surface area contributed by atoms with E-state index in [1.807, 2.05) is 0 Å². The summed E-state index contributed by atoms with van der Waals surface area (Å²) >= 11 is 6.02. The normalized spacial score (nSPS) is 11.3. The van der Waals surface area contributed by atoms with Crippen molar-refractivity contribution in [3.63, 3.8) is 0 Å². The topological polar surface area (TPSA) is 72.2 Å². The van der Waals surface area contributed by atoms with Crippen molar-refractivity contribution in [3.05, 3.63) is 34.3 Å². The molecule has 0 aliphatic heterocycles. The van der Waals surface area contributed by atoms with E-state index in [4.69, 9.17) is 17.3 Å². The van der Waals surface area contributed by atoms with Crippen molar-refractivity contribution in [3.8, 4) is 11.8 Å². The number of rotatable bonds is 4. The largest absolute Gasteiger partial charge is 0.351 e. The van der Waals surface area contributed by atoms with Crippen LogP contribution in [0.5, 0.6) is 0 Å². The maximum atomic E-state index is 11.8. The van der Waals surface area contributed by atoms with Crippen LogP contribution in [0, 0.1) is 11.8 Å². The number of hydrogen-bond acceptors (Lipinski definition) is 3. The van der Waals surface area contributed by atoms with Gasteiger partial charge in [-0.05, 0) is 18.2 Å². The number of nitrogens with one attached hydrogen (secondary N) is 1. The van der Waals surface area contributed by atoms with Crippen LogP contribution in [-0.4, -0.2) is 35.2 Å². The van der Waals surface area contributed by atoms with Gasteiger partial charge in [-0.1, -0.05) is 23.4 Å². The molecule has 0 saturated carbocycles. The van der Waals surface area contributed by atoms with Gasteiger partial charge in [0, 0.05) is 40.5 Å². The van der Waals surface area contributed by atoms with E-state index in [0.717, 1.165) is 0 Å². The third kappa shape index (κ3) is 5.43. The van der Waals surface area contributed by atoms with Gasteiger partial charge in [0.25, 0.3) is 5.91 Å². The Hall–Kier alpha value is -1.35. The molecule has 1 unspecified atom stereocenters. The molecule has 0 saturated heterocycles. The molecule has 4 nitrogen and oxygen atoms in total. The minimum Gasteiger partial charge on any atom is -0.351 e. The predicted molar refractivity (Wildman–Crippen MR) is 78.7 cm³/mol. The van der Waals surface area contributed by atoms with Gasteiger partial charge in [-0.3, -0.25) is 9.00 Å². The fourth-order valence-electron chi connectivity index (χ4n) is 1.31. The Morgan fingerprint density at radius 3 is 2.84 bits per heavy atom. The van der Waals surface area contributed by atoms with Crippen molar-refractivity contribution in [2.24, 2.45) is 5.73 Å². The highest BCUT2D eigenvalue weighted by Crippen LogP contribution is 2.16. The Morgan fingerprint density at radius 1 is 1.53 bits per heavy atom. The zero-order chi connectivity index (χ0) is 14.3. The molecule has 1 rings (SSSR count). The average molecular weight is 299 g/mol. The molecule has 19 heavy (non-hydrogen) atoms. The standard InChI is InChI=1S/C13H15ClN2O2S/c1-19(18)8-7-16-13(17)11-5-4-10(3-2-6-15)12(14)9-11/h4-5,9H,6-8,15H2,1H3,(H,16,17). The van der Waals surface area contributed by atoms with Crippen LogP contribution in [0.1, 0.15) is 15.9 Å². The molecule has 0 radical (unpaired) electrons.